The van der Waals surface area contributed by atoms with Gasteiger partial charge in [-0.3, -0.25) is 0 Å². The Morgan fingerprint density at radius 1 is 1.47 bits per heavy atom. The molecule has 1 aromatic rings. The van der Waals surface area contributed by atoms with Crippen LogP contribution in [0.4, 0.5) is 0 Å². The molecule has 2 aliphatic rings. The molecular formula is C12H19N3. The maximum Gasteiger partial charge on any atom is 0.0952 e. The molecule has 1 aliphatic heterocycles. The highest BCUT2D eigenvalue weighted by Crippen LogP contribution is 2.41. The molecule has 1 aromatic heterocycles. The van der Waals surface area contributed by atoms with E-state index in [1.165, 1.54) is 37.1 Å². The fourth-order valence-corrected chi connectivity index (χ4v) is 3.24. The number of nitrogens with one attached hydrogen (secondary N) is 1. The molecule has 0 saturated heterocycles. The second-order valence-corrected chi connectivity index (χ2v) is 4.79. The van der Waals surface area contributed by atoms with E-state index in [4.69, 9.17) is 0 Å². The molecule has 1 N–H and O–H groups in total. The normalized spacial score (nSPS) is 23.3. The summed E-state index contributed by atoms with van der Waals surface area (Å²) in [6, 6.07) is 0. The second-order valence-electron chi connectivity index (χ2n) is 4.79. The average Bonchev–Trinajstić information content (AvgIpc) is 2.86. The van der Waals surface area contributed by atoms with E-state index in [2.05, 4.69) is 21.8 Å². The summed E-state index contributed by atoms with van der Waals surface area (Å²) in [5.41, 5.74) is 3.08. The van der Waals surface area contributed by atoms with Crippen LogP contribution in [0.15, 0.2) is 6.33 Å². The summed E-state index contributed by atoms with van der Waals surface area (Å²) in [7, 11) is 0. The van der Waals surface area contributed by atoms with Crippen molar-refractivity contribution in [2.24, 2.45) is 0 Å². The van der Waals surface area contributed by atoms with Crippen LogP contribution in [0.5, 0.6) is 0 Å². The van der Waals surface area contributed by atoms with Gasteiger partial charge in [-0.2, -0.15) is 0 Å². The summed E-state index contributed by atoms with van der Waals surface area (Å²) in [5, 5.41) is 3.71. The van der Waals surface area contributed by atoms with Crippen LogP contribution in [0.2, 0.25) is 0 Å². The van der Waals surface area contributed by atoms with E-state index >= 15 is 0 Å². The highest BCUT2D eigenvalue weighted by molar-refractivity contribution is 5.27. The topological polar surface area (TPSA) is 29.9 Å². The summed E-state index contributed by atoms with van der Waals surface area (Å²) in [6.07, 6.45) is 8.43. The fourth-order valence-electron chi connectivity index (χ4n) is 3.24. The number of imidazole rings is 1. The zero-order chi connectivity index (χ0) is 10.3. The number of aryl methyl sites for hydroxylation is 1. The molecule has 0 bridgehead atoms. The van der Waals surface area contributed by atoms with E-state index in [0.717, 1.165) is 19.5 Å². The standard InChI is InChI=1S/C12H19N3/c1-2-15-9-13-11-10(15)5-8-14-12(11)6-3-4-7-12/h9,14H,2-8H2,1H3. The third-order valence-corrected chi connectivity index (χ3v) is 4.02. The van der Waals surface area contributed by atoms with Crippen LogP contribution in [0.3, 0.4) is 0 Å². The van der Waals surface area contributed by atoms with Crippen LogP contribution >= 0.6 is 0 Å². The van der Waals surface area contributed by atoms with Gasteiger partial charge in [0.15, 0.2) is 0 Å². The van der Waals surface area contributed by atoms with Crippen molar-refractivity contribution >= 4 is 0 Å². The predicted octanol–water partition coefficient (Wildman–Crippen LogP) is 1.82. The van der Waals surface area contributed by atoms with Gasteiger partial charge < -0.3 is 9.88 Å². The van der Waals surface area contributed by atoms with Crippen LogP contribution in [0, 0.1) is 0 Å². The molecule has 1 aliphatic carbocycles. The lowest BCUT2D eigenvalue weighted by Gasteiger charge is -2.34. The zero-order valence-corrected chi connectivity index (χ0v) is 9.42. The minimum absolute atomic E-state index is 0.244. The van der Waals surface area contributed by atoms with Gasteiger partial charge in [-0.05, 0) is 19.8 Å². The highest BCUT2D eigenvalue weighted by Gasteiger charge is 2.41. The Hall–Kier alpha value is -0.830. The smallest absolute Gasteiger partial charge is 0.0952 e. The molecular weight excluding hydrogens is 186 g/mol. The molecule has 0 amide bonds. The van der Waals surface area contributed by atoms with Gasteiger partial charge in [-0.15, -0.1) is 0 Å². The summed E-state index contributed by atoms with van der Waals surface area (Å²) in [5.74, 6) is 0. The van der Waals surface area contributed by atoms with Gasteiger partial charge in [0.1, 0.15) is 0 Å². The van der Waals surface area contributed by atoms with Crippen molar-refractivity contribution in [2.45, 2.75) is 51.1 Å². The van der Waals surface area contributed by atoms with Crippen molar-refractivity contribution in [3.8, 4) is 0 Å². The van der Waals surface area contributed by atoms with Gasteiger partial charge in [-0.25, -0.2) is 4.98 Å². The largest absolute Gasteiger partial charge is 0.334 e. The predicted molar refractivity (Wildman–Crippen MR) is 59.8 cm³/mol. The third-order valence-electron chi connectivity index (χ3n) is 4.02. The van der Waals surface area contributed by atoms with Crippen LogP contribution < -0.4 is 5.32 Å². The van der Waals surface area contributed by atoms with E-state index < -0.39 is 0 Å². The van der Waals surface area contributed by atoms with E-state index in [9.17, 15) is 0 Å². The molecule has 1 fully saturated rings. The SMILES string of the molecule is CCn1cnc2c1CCNC21CCCC1. The summed E-state index contributed by atoms with van der Waals surface area (Å²) in [4.78, 5) is 4.66. The number of rotatable bonds is 1. The number of fused-ring (bicyclic) bond motifs is 2. The van der Waals surface area contributed by atoms with Crippen molar-refractivity contribution in [3.63, 3.8) is 0 Å². The number of aromatic nitrogens is 2. The molecule has 2 heterocycles. The van der Waals surface area contributed by atoms with Crippen molar-refractivity contribution in [2.75, 3.05) is 6.54 Å². The molecule has 15 heavy (non-hydrogen) atoms. The molecule has 1 saturated carbocycles. The van der Waals surface area contributed by atoms with Gasteiger partial charge in [0.25, 0.3) is 0 Å². The van der Waals surface area contributed by atoms with E-state index in [-0.39, 0.29) is 5.54 Å². The molecule has 3 nitrogen and oxygen atoms in total. The highest BCUT2D eigenvalue weighted by atomic mass is 15.1. The first kappa shape index (κ1) is 9.40. The first-order valence-electron chi connectivity index (χ1n) is 6.15. The molecule has 0 atom stereocenters. The fraction of sp³-hybridized carbons (Fsp3) is 0.750. The van der Waals surface area contributed by atoms with Gasteiger partial charge in [0, 0.05) is 25.2 Å². The van der Waals surface area contributed by atoms with Gasteiger partial charge in [-0.1, -0.05) is 12.8 Å². The van der Waals surface area contributed by atoms with Crippen LogP contribution in [0.25, 0.3) is 0 Å². The lowest BCUT2D eigenvalue weighted by atomic mass is 9.88. The Morgan fingerprint density at radius 3 is 3.00 bits per heavy atom. The Balaban J connectivity index is 2.07. The average molecular weight is 205 g/mol. The zero-order valence-electron chi connectivity index (χ0n) is 9.42. The van der Waals surface area contributed by atoms with Crippen molar-refractivity contribution in [3.05, 3.63) is 17.7 Å². The maximum atomic E-state index is 4.66. The molecule has 1 spiro atoms. The van der Waals surface area contributed by atoms with Gasteiger partial charge in [0.2, 0.25) is 0 Å². The summed E-state index contributed by atoms with van der Waals surface area (Å²) >= 11 is 0. The quantitative estimate of drug-likeness (QED) is 0.758. The maximum absolute atomic E-state index is 4.66. The van der Waals surface area contributed by atoms with Crippen LogP contribution in [-0.4, -0.2) is 16.1 Å². The third kappa shape index (κ3) is 1.26. The van der Waals surface area contributed by atoms with Gasteiger partial charge >= 0.3 is 0 Å². The molecule has 0 aromatic carbocycles. The lowest BCUT2D eigenvalue weighted by Crippen LogP contribution is -2.45. The molecule has 0 unspecified atom stereocenters. The monoisotopic (exact) mass is 205 g/mol. The first-order valence-corrected chi connectivity index (χ1v) is 6.15. The van der Waals surface area contributed by atoms with Crippen molar-refractivity contribution < 1.29 is 0 Å². The van der Waals surface area contributed by atoms with Crippen LogP contribution in [-0.2, 0) is 18.5 Å². The van der Waals surface area contributed by atoms with Gasteiger partial charge in [0.05, 0.1) is 17.6 Å². The minimum Gasteiger partial charge on any atom is -0.334 e. The Labute approximate surface area is 90.9 Å². The minimum atomic E-state index is 0.244. The summed E-state index contributed by atoms with van der Waals surface area (Å²) in [6.45, 7) is 4.38. The molecule has 3 rings (SSSR count). The first-order chi connectivity index (χ1) is 7.36. The Bertz CT molecular complexity index is 361. The number of hydrogen-bond donors (Lipinski definition) is 1. The van der Waals surface area contributed by atoms with E-state index in [1.54, 1.807) is 0 Å². The lowest BCUT2D eigenvalue weighted by molar-refractivity contribution is 0.312. The number of hydrogen-bond acceptors (Lipinski definition) is 2. The second kappa shape index (κ2) is 3.34. The number of nitrogens with zero attached hydrogens (tertiary/aromatic N) is 2. The molecule has 3 heteroatoms. The Morgan fingerprint density at radius 2 is 2.27 bits per heavy atom. The van der Waals surface area contributed by atoms with E-state index in [1.807, 2.05) is 6.33 Å². The van der Waals surface area contributed by atoms with Crippen molar-refractivity contribution in [1.82, 2.24) is 14.9 Å². The Kier molecular flexibility index (Phi) is 2.09. The van der Waals surface area contributed by atoms with Crippen LogP contribution in [0.1, 0.15) is 44.0 Å². The summed E-state index contributed by atoms with van der Waals surface area (Å²) < 4.78 is 2.32. The van der Waals surface area contributed by atoms with E-state index in [0.29, 0.717) is 0 Å². The molecule has 0 radical (unpaired) electrons. The van der Waals surface area contributed by atoms with Crippen molar-refractivity contribution in [1.29, 1.82) is 0 Å². The molecule has 82 valence electrons.